The first kappa shape index (κ1) is 13.6. The van der Waals surface area contributed by atoms with Crippen molar-refractivity contribution in [2.75, 3.05) is 0 Å². The lowest BCUT2D eigenvalue weighted by molar-refractivity contribution is 0.974. The quantitative estimate of drug-likeness (QED) is 0.415. The SMILES string of the molecule is Cc1ccc2c(c1-n1cccc1C)Cc1ncc3ccccc3c1-2. The molecular weight excluding hydrogens is 292 g/mol. The molecule has 5 rings (SSSR count). The first-order valence-corrected chi connectivity index (χ1v) is 8.38. The summed E-state index contributed by atoms with van der Waals surface area (Å²) in [5.74, 6) is 0. The van der Waals surface area contributed by atoms with Gasteiger partial charge >= 0.3 is 0 Å². The zero-order valence-electron chi connectivity index (χ0n) is 13.9. The van der Waals surface area contributed by atoms with Gasteiger partial charge in [-0.25, -0.2) is 0 Å². The summed E-state index contributed by atoms with van der Waals surface area (Å²) in [6.45, 7) is 4.36. The van der Waals surface area contributed by atoms with Crippen LogP contribution in [0.25, 0.3) is 27.6 Å². The first-order valence-electron chi connectivity index (χ1n) is 8.38. The standard InChI is InChI=1S/C22H18N2/c1-14-9-10-18-19(22(14)24-11-5-6-15(24)2)12-20-21(18)17-8-4-3-7-16(17)13-23-20/h3-11,13H,12H2,1-2H3. The molecule has 2 heterocycles. The van der Waals surface area contributed by atoms with E-state index < -0.39 is 0 Å². The summed E-state index contributed by atoms with van der Waals surface area (Å²) >= 11 is 0. The Morgan fingerprint density at radius 3 is 2.67 bits per heavy atom. The predicted octanol–water partition coefficient (Wildman–Crippen LogP) is 5.21. The zero-order chi connectivity index (χ0) is 16.3. The molecule has 0 bridgehead atoms. The summed E-state index contributed by atoms with van der Waals surface area (Å²) in [6, 6.07) is 17.3. The van der Waals surface area contributed by atoms with Crippen molar-refractivity contribution in [2.24, 2.45) is 0 Å². The highest BCUT2D eigenvalue weighted by Gasteiger charge is 2.26. The molecule has 1 aliphatic carbocycles. The molecule has 4 aromatic rings. The van der Waals surface area contributed by atoms with Gasteiger partial charge in [-0.05, 0) is 48.1 Å². The van der Waals surface area contributed by atoms with Crippen molar-refractivity contribution in [3.63, 3.8) is 0 Å². The van der Waals surface area contributed by atoms with Crippen molar-refractivity contribution in [2.45, 2.75) is 20.3 Å². The number of aryl methyl sites for hydroxylation is 2. The molecule has 0 fully saturated rings. The van der Waals surface area contributed by atoms with E-state index in [4.69, 9.17) is 4.98 Å². The minimum Gasteiger partial charge on any atom is -0.321 e. The van der Waals surface area contributed by atoms with Gasteiger partial charge in [0.1, 0.15) is 0 Å². The van der Waals surface area contributed by atoms with Gasteiger partial charge in [-0.1, -0.05) is 36.4 Å². The summed E-state index contributed by atoms with van der Waals surface area (Å²) in [5, 5.41) is 2.52. The molecule has 0 unspecified atom stereocenters. The van der Waals surface area contributed by atoms with E-state index in [9.17, 15) is 0 Å². The lowest BCUT2D eigenvalue weighted by Gasteiger charge is -2.15. The third-order valence-corrected chi connectivity index (χ3v) is 5.17. The van der Waals surface area contributed by atoms with Gasteiger partial charge in [-0.3, -0.25) is 4.98 Å². The number of aromatic nitrogens is 2. The van der Waals surface area contributed by atoms with Crippen LogP contribution in [0.1, 0.15) is 22.5 Å². The predicted molar refractivity (Wildman–Crippen MR) is 98.8 cm³/mol. The number of hydrogen-bond donors (Lipinski definition) is 0. The van der Waals surface area contributed by atoms with Gasteiger partial charge in [0.05, 0.1) is 11.4 Å². The van der Waals surface area contributed by atoms with E-state index >= 15 is 0 Å². The second-order valence-electron chi connectivity index (χ2n) is 6.62. The van der Waals surface area contributed by atoms with Crippen molar-refractivity contribution in [1.29, 1.82) is 0 Å². The Hall–Kier alpha value is -2.87. The summed E-state index contributed by atoms with van der Waals surface area (Å²) in [4.78, 5) is 4.77. The van der Waals surface area contributed by atoms with Crippen LogP contribution in [0.4, 0.5) is 0 Å². The Morgan fingerprint density at radius 2 is 1.83 bits per heavy atom. The van der Waals surface area contributed by atoms with Crippen LogP contribution in [0.2, 0.25) is 0 Å². The maximum atomic E-state index is 4.77. The fourth-order valence-electron chi connectivity index (χ4n) is 4.03. The molecule has 0 amide bonds. The normalized spacial score (nSPS) is 12.4. The maximum absolute atomic E-state index is 4.77. The van der Waals surface area contributed by atoms with E-state index in [1.54, 1.807) is 0 Å². The van der Waals surface area contributed by atoms with E-state index in [1.165, 1.54) is 50.1 Å². The van der Waals surface area contributed by atoms with E-state index in [0.717, 1.165) is 6.42 Å². The highest BCUT2D eigenvalue weighted by molar-refractivity contribution is 6.00. The summed E-state index contributed by atoms with van der Waals surface area (Å²) in [5.41, 5.74) is 9.13. The van der Waals surface area contributed by atoms with Crippen molar-refractivity contribution in [1.82, 2.24) is 9.55 Å². The third kappa shape index (κ3) is 1.74. The molecule has 0 spiro atoms. The molecule has 1 aliphatic rings. The number of benzene rings is 2. The number of fused-ring (bicyclic) bond motifs is 5. The molecular formula is C22H18N2. The minimum absolute atomic E-state index is 0.907. The summed E-state index contributed by atoms with van der Waals surface area (Å²) in [7, 11) is 0. The van der Waals surface area contributed by atoms with Crippen molar-refractivity contribution in [3.8, 4) is 16.8 Å². The minimum atomic E-state index is 0.907. The van der Waals surface area contributed by atoms with Gasteiger partial charge in [0, 0.05) is 35.5 Å². The van der Waals surface area contributed by atoms with E-state index in [0.29, 0.717) is 0 Å². The lowest BCUT2D eigenvalue weighted by Crippen LogP contribution is -2.02. The number of rotatable bonds is 1. The van der Waals surface area contributed by atoms with Gasteiger partial charge in [0.2, 0.25) is 0 Å². The molecule has 0 aliphatic heterocycles. The van der Waals surface area contributed by atoms with Gasteiger partial charge in [0.25, 0.3) is 0 Å². The van der Waals surface area contributed by atoms with Gasteiger partial charge < -0.3 is 4.57 Å². The number of hydrogen-bond acceptors (Lipinski definition) is 1. The number of pyridine rings is 1. The molecule has 116 valence electrons. The molecule has 0 radical (unpaired) electrons. The van der Waals surface area contributed by atoms with Crippen molar-refractivity contribution < 1.29 is 0 Å². The van der Waals surface area contributed by atoms with Crippen LogP contribution in [0.5, 0.6) is 0 Å². The summed E-state index contributed by atoms with van der Waals surface area (Å²) < 4.78 is 2.31. The fourth-order valence-corrected chi connectivity index (χ4v) is 4.03. The highest BCUT2D eigenvalue weighted by atomic mass is 15.0. The highest BCUT2D eigenvalue weighted by Crippen LogP contribution is 2.43. The smallest absolute Gasteiger partial charge is 0.0533 e. The van der Waals surface area contributed by atoms with Crippen molar-refractivity contribution in [3.05, 3.63) is 83.4 Å². The molecule has 2 aromatic heterocycles. The Labute approximate surface area is 141 Å². The van der Waals surface area contributed by atoms with Crippen LogP contribution < -0.4 is 0 Å². The Balaban J connectivity index is 1.86. The van der Waals surface area contributed by atoms with Gasteiger partial charge in [-0.2, -0.15) is 0 Å². The molecule has 0 N–H and O–H groups in total. The first-order chi connectivity index (χ1) is 11.7. The van der Waals surface area contributed by atoms with E-state index in [-0.39, 0.29) is 0 Å². The Kier molecular flexibility index (Phi) is 2.72. The largest absolute Gasteiger partial charge is 0.321 e. The lowest BCUT2D eigenvalue weighted by atomic mass is 9.98. The van der Waals surface area contributed by atoms with Gasteiger partial charge in [-0.15, -0.1) is 0 Å². The zero-order valence-corrected chi connectivity index (χ0v) is 13.9. The Morgan fingerprint density at radius 1 is 0.958 bits per heavy atom. The second kappa shape index (κ2) is 4.81. The monoisotopic (exact) mass is 310 g/mol. The maximum Gasteiger partial charge on any atom is 0.0533 e. The van der Waals surface area contributed by atoms with E-state index in [2.05, 4.69) is 73.1 Å². The fraction of sp³-hybridized carbons (Fsp3) is 0.136. The molecule has 2 heteroatoms. The van der Waals surface area contributed by atoms with Crippen molar-refractivity contribution >= 4 is 10.8 Å². The summed E-state index contributed by atoms with van der Waals surface area (Å²) in [6.07, 6.45) is 5.07. The van der Waals surface area contributed by atoms with Crippen LogP contribution in [-0.4, -0.2) is 9.55 Å². The molecule has 2 aromatic carbocycles. The molecule has 0 saturated heterocycles. The molecule has 2 nitrogen and oxygen atoms in total. The van der Waals surface area contributed by atoms with Gasteiger partial charge in [0.15, 0.2) is 0 Å². The molecule has 24 heavy (non-hydrogen) atoms. The average Bonchev–Trinajstić information content (AvgIpc) is 3.18. The van der Waals surface area contributed by atoms with E-state index in [1.807, 2.05) is 6.20 Å². The second-order valence-corrected chi connectivity index (χ2v) is 6.62. The third-order valence-electron chi connectivity index (χ3n) is 5.17. The topological polar surface area (TPSA) is 17.8 Å². The molecule has 0 atom stereocenters. The number of nitrogens with zero attached hydrogens (tertiary/aromatic N) is 2. The van der Waals surface area contributed by atoms with Crippen LogP contribution >= 0.6 is 0 Å². The molecule has 0 saturated carbocycles. The van der Waals surface area contributed by atoms with Crippen LogP contribution in [0.15, 0.2) is 60.9 Å². The average molecular weight is 310 g/mol. The van der Waals surface area contributed by atoms with Crippen LogP contribution in [-0.2, 0) is 6.42 Å². The van der Waals surface area contributed by atoms with Crippen LogP contribution in [0, 0.1) is 13.8 Å². The van der Waals surface area contributed by atoms with Crippen LogP contribution in [0.3, 0.4) is 0 Å². The Bertz CT molecular complexity index is 1100.